The van der Waals surface area contributed by atoms with Crippen molar-refractivity contribution in [1.82, 2.24) is 4.90 Å². The van der Waals surface area contributed by atoms with Gasteiger partial charge in [0.2, 0.25) is 5.91 Å². The van der Waals surface area contributed by atoms with Crippen molar-refractivity contribution in [3.05, 3.63) is 59.7 Å². The first-order chi connectivity index (χ1) is 14.8. The van der Waals surface area contributed by atoms with E-state index in [1.807, 2.05) is 12.1 Å². The molecule has 1 aliphatic heterocycles. The fourth-order valence-electron chi connectivity index (χ4n) is 4.03. The smallest absolute Gasteiger partial charge is 0.418 e. The Kier molecular flexibility index (Phi) is 7.59. The van der Waals surface area contributed by atoms with Gasteiger partial charge >= 0.3 is 6.18 Å². The Balaban J connectivity index is 1.48. The summed E-state index contributed by atoms with van der Waals surface area (Å²) in [7, 11) is 1.65. The predicted molar refractivity (Wildman–Crippen MR) is 115 cm³/mol. The number of amides is 1. The number of hydrogen-bond acceptors (Lipinski definition) is 3. The van der Waals surface area contributed by atoms with E-state index >= 15 is 0 Å². The van der Waals surface area contributed by atoms with E-state index < -0.39 is 23.7 Å². The molecule has 3 rings (SSSR count). The van der Waals surface area contributed by atoms with Crippen LogP contribution in [-0.4, -0.2) is 37.0 Å². The maximum atomic E-state index is 13.2. The summed E-state index contributed by atoms with van der Waals surface area (Å²) in [4.78, 5) is 14.7. The van der Waals surface area contributed by atoms with Crippen LogP contribution in [0.1, 0.15) is 37.3 Å². The summed E-state index contributed by atoms with van der Waals surface area (Å²) < 4.78 is 44.7. The molecule has 7 heteroatoms. The third kappa shape index (κ3) is 6.23. The molecule has 0 aromatic heterocycles. The van der Waals surface area contributed by atoms with Crippen LogP contribution in [0.15, 0.2) is 48.5 Å². The minimum atomic E-state index is -4.50. The van der Waals surface area contributed by atoms with Gasteiger partial charge in [-0.3, -0.25) is 9.69 Å². The van der Waals surface area contributed by atoms with Crippen LogP contribution < -0.4 is 10.1 Å². The number of alkyl halides is 3. The molecule has 0 radical (unpaired) electrons. The highest BCUT2D eigenvalue weighted by Crippen LogP contribution is 2.34. The van der Waals surface area contributed by atoms with Gasteiger partial charge in [-0.05, 0) is 81.4 Å². The van der Waals surface area contributed by atoms with Gasteiger partial charge in [0.1, 0.15) is 5.75 Å². The third-order valence-electron chi connectivity index (χ3n) is 6.07. The van der Waals surface area contributed by atoms with Gasteiger partial charge in [-0.2, -0.15) is 13.2 Å². The van der Waals surface area contributed by atoms with Crippen molar-refractivity contribution in [3.8, 4) is 5.75 Å². The normalized spacial score (nSPS) is 16.7. The summed E-state index contributed by atoms with van der Waals surface area (Å²) in [5.74, 6) is 1.02. The van der Waals surface area contributed by atoms with Crippen molar-refractivity contribution >= 4 is 11.6 Å². The highest BCUT2D eigenvalue weighted by atomic mass is 19.4. The molecule has 31 heavy (non-hydrogen) atoms. The quantitative estimate of drug-likeness (QED) is 0.636. The van der Waals surface area contributed by atoms with E-state index in [-0.39, 0.29) is 5.69 Å². The number of halogens is 3. The zero-order valence-corrected chi connectivity index (χ0v) is 17.9. The van der Waals surface area contributed by atoms with E-state index in [2.05, 4.69) is 22.3 Å². The lowest BCUT2D eigenvalue weighted by atomic mass is 9.90. The Morgan fingerprint density at radius 2 is 1.77 bits per heavy atom. The molecule has 1 aliphatic rings. The molecule has 0 unspecified atom stereocenters. The lowest BCUT2D eigenvalue weighted by Crippen LogP contribution is -2.46. The maximum absolute atomic E-state index is 13.2. The first-order valence-corrected chi connectivity index (χ1v) is 10.6. The molecule has 1 saturated heterocycles. The lowest BCUT2D eigenvalue weighted by molar-refractivity contribution is -0.137. The molecule has 1 fully saturated rings. The Morgan fingerprint density at radius 1 is 1.13 bits per heavy atom. The molecular formula is C24H29F3N2O2. The Morgan fingerprint density at radius 3 is 2.39 bits per heavy atom. The van der Waals surface area contributed by atoms with E-state index in [0.717, 1.165) is 50.6 Å². The number of piperidine rings is 1. The maximum Gasteiger partial charge on any atom is 0.418 e. The molecule has 0 spiro atoms. The number of nitrogens with one attached hydrogen (secondary N) is 1. The third-order valence-corrected chi connectivity index (χ3v) is 6.07. The van der Waals surface area contributed by atoms with Crippen molar-refractivity contribution < 1.29 is 22.7 Å². The van der Waals surface area contributed by atoms with Gasteiger partial charge in [-0.25, -0.2) is 0 Å². The van der Waals surface area contributed by atoms with E-state index in [0.29, 0.717) is 5.92 Å². The van der Waals surface area contributed by atoms with Gasteiger partial charge in [0.25, 0.3) is 0 Å². The first-order valence-electron chi connectivity index (χ1n) is 10.6. The number of likely N-dealkylation sites (tertiary alicyclic amines) is 1. The minimum absolute atomic E-state index is 0.193. The molecule has 2 aromatic rings. The first kappa shape index (κ1) is 23.1. The SMILES string of the molecule is COc1ccc(CCC2CCN([C@@H](C)C(=O)Nc3ccccc3C(F)(F)F)CC2)cc1. The number of carbonyl (C=O) groups is 1. The standard InChI is InChI=1S/C24H29F3N2O2/c1-17(23(30)28-22-6-4-3-5-21(22)24(25,26)27)29-15-13-19(14-16-29)8-7-18-9-11-20(31-2)12-10-18/h3-6,9-12,17,19H,7-8,13-16H2,1-2H3,(H,28,30)/t17-/m0/s1. The second-order valence-electron chi connectivity index (χ2n) is 8.07. The van der Waals surface area contributed by atoms with Crippen molar-refractivity contribution in [2.75, 3.05) is 25.5 Å². The molecular weight excluding hydrogens is 405 g/mol. The Labute approximate surface area is 181 Å². The second-order valence-corrected chi connectivity index (χ2v) is 8.07. The molecule has 1 amide bonds. The largest absolute Gasteiger partial charge is 0.497 e. The summed E-state index contributed by atoms with van der Waals surface area (Å²) in [5, 5.41) is 2.47. The number of rotatable bonds is 7. The van der Waals surface area contributed by atoms with Crippen LogP contribution in [0.4, 0.5) is 18.9 Å². The van der Waals surface area contributed by atoms with E-state index in [9.17, 15) is 18.0 Å². The van der Waals surface area contributed by atoms with E-state index in [4.69, 9.17) is 4.74 Å². The van der Waals surface area contributed by atoms with Gasteiger partial charge in [0, 0.05) is 0 Å². The van der Waals surface area contributed by atoms with Gasteiger partial charge in [0.15, 0.2) is 0 Å². The molecule has 168 valence electrons. The zero-order valence-electron chi connectivity index (χ0n) is 17.9. The Hall–Kier alpha value is -2.54. The van der Waals surface area contributed by atoms with Gasteiger partial charge < -0.3 is 10.1 Å². The molecule has 0 aliphatic carbocycles. The van der Waals surface area contributed by atoms with Crippen LogP contribution in [0.2, 0.25) is 0 Å². The number of carbonyl (C=O) groups excluding carboxylic acids is 1. The minimum Gasteiger partial charge on any atom is -0.497 e. The number of nitrogens with zero attached hydrogens (tertiary/aromatic N) is 1. The second kappa shape index (κ2) is 10.2. The van der Waals surface area contributed by atoms with E-state index in [1.165, 1.54) is 23.8 Å². The summed E-state index contributed by atoms with van der Waals surface area (Å²) >= 11 is 0. The van der Waals surface area contributed by atoms with Gasteiger partial charge in [-0.15, -0.1) is 0 Å². The number of para-hydroxylation sites is 1. The number of benzene rings is 2. The number of aryl methyl sites for hydroxylation is 1. The molecule has 1 N–H and O–H groups in total. The molecule has 1 heterocycles. The van der Waals surface area contributed by atoms with Crippen molar-refractivity contribution in [1.29, 1.82) is 0 Å². The number of methoxy groups -OCH3 is 1. The summed E-state index contributed by atoms with van der Waals surface area (Å²) in [6.45, 7) is 3.29. The predicted octanol–water partition coefficient (Wildman–Crippen LogP) is 5.39. The van der Waals surface area contributed by atoms with Crippen LogP contribution >= 0.6 is 0 Å². The van der Waals surface area contributed by atoms with Crippen LogP contribution in [-0.2, 0) is 17.4 Å². The topological polar surface area (TPSA) is 41.6 Å². The monoisotopic (exact) mass is 434 g/mol. The van der Waals surface area contributed by atoms with Crippen LogP contribution in [0.5, 0.6) is 5.75 Å². The highest BCUT2D eigenvalue weighted by Gasteiger charge is 2.34. The average molecular weight is 435 g/mol. The molecule has 2 aromatic carbocycles. The fourth-order valence-corrected chi connectivity index (χ4v) is 4.03. The lowest BCUT2D eigenvalue weighted by Gasteiger charge is -2.35. The number of ether oxygens (including phenoxy) is 1. The van der Waals surface area contributed by atoms with Crippen LogP contribution in [0.25, 0.3) is 0 Å². The van der Waals surface area contributed by atoms with Crippen LogP contribution in [0.3, 0.4) is 0 Å². The van der Waals surface area contributed by atoms with E-state index in [1.54, 1.807) is 14.0 Å². The zero-order chi connectivity index (χ0) is 22.4. The molecule has 4 nitrogen and oxygen atoms in total. The Bertz CT molecular complexity index is 860. The summed E-state index contributed by atoms with van der Waals surface area (Å²) in [5.41, 5.74) is 0.258. The highest BCUT2D eigenvalue weighted by molar-refractivity contribution is 5.95. The number of hydrogen-bond donors (Lipinski definition) is 1. The summed E-state index contributed by atoms with van der Waals surface area (Å²) in [6.07, 6.45) is -0.464. The van der Waals surface area contributed by atoms with Crippen molar-refractivity contribution in [2.45, 2.75) is 44.8 Å². The molecule has 0 saturated carbocycles. The summed E-state index contributed by atoms with van der Waals surface area (Å²) in [6, 6.07) is 12.7. The van der Waals surface area contributed by atoms with Crippen LogP contribution in [0, 0.1) is 5.92 Å². The number of anilines is 1. The van der Waals surface area contributed by atoms with Gasteiger partial charge in [-0.1, -0.05) is 24.3 Å². The average Bonchev–Trinajstić information content (AvgIpc) is 2.77. The molecule has 0 bridgehead atoms. The van der Waals surface area contributed by atoms with Gasteiger partial charge in [0.05, 0.1) is 24.4 Å². The molecule has 1 atom stereocenters. The van der Waals surface area contributed by atoms with Crippen molar-refractivity contribution in [2.24, 2.45) is 5.92 Å². The fraction of sp³-hybridized carbons (Fsp3) is 0.458. The van der Waals surface area contributed by atoms with Crippen molar-refractivity contribution in [3.63, 3.8) is 0 Å².